The van der Waals surface area contributed by atoms with Gasteiger partial charge in [-0.05, 0) is 35.9 Å². The van der Waals surface area contributed by atoms with Gasteiger partial charge in [-0.1, -0.05) is 41.5 Å². The smallest absolute Gasteiger partial charge is 0.407 e. The van der Waals surface area contributed by atoms with Gasteiger partial charge in [0.25, 0.3) is 0 Å². The molecule has 2 atom stereocenters. The predicted molar refractivity (Wildman–Crippen MR) is 105 cm³/mol. The summed E-state index contributed by atoms with van der Waals surface area (Å²) in [5, 5.41) is 16.1. The van der Waals surface area contributed by atoms with Gasteiger partial charge in [-0.15, -0.1) is 0 Å². The van der Waals surface area contributed by atoms with Crippen LogP contribution in [0.2, 0.25) is 0 Å². The summed E-state index contributed by atoms with van der Waals surface area (Å²) in [4.78, 5) is 25.3. The van der Waals surface area contributed by atoms with E-state index in [4.69, 9.17) is 17.0 Å². The van der Waals surface area contributed by atoms with E-state index in [1.54, 1.807) is 0 Å². The van der Waals surface area contributed by atoms with E-state index < -0.39 is 17.7 Å². The van der Waals surface area contributed by atoms with Gasteiger partial charge in [0.1, 0.15) is 6.04 Å². The molecule has 7 nitrogen and oxygen atoms in total. The lowest BCUT2D eigenvalue weighted by Crippen LogP contribution is -2.62. The normalized spacial score (nSPS) is 21.9. The van der Waals surface area contributed by atoms with Crippen molar-refractivity contribution in [3.05, 3.63) is 0 Å². The minimum Gasteiger partial charge on any atom is -0.467 e. The second-order valence-corrected chi connectivity index (χ2v) is 9.38. The molecule has 0 aromatic rings. The van der Waals surface area contributed by atoms with Crippen LogP contribution in [-0.2, 0) is 9.53 Å². The number of carbonyl (C=O) groups excluding carboxylic acids is 1. The van der Waals surface area contributed by atoms with E-state index in [9.17, 15) is 14.7 Å². The third-order valence-corrected chi connectivity index (χ3v) is 5.50. The molecule has 1 aliphatic heterocycles. The first-order chi connectivity index (χ1) is 11.8. The van der Waals surface area contributed by atoms with Crippen molar-refractivity contribution in [1.29, 1.82) is 0 Å². The Labute approximate surface area is 161 Å². The summed E-state index contributed by atoms with van der Waals surface area (Å²) >= 11 is 5.38. The van der Waals surface area contributed by atoms with Crippen LogP contribution in [-0.4, -0.2) is 59.0 Å². The molecule has 0 aromatic heterocycles. The molecule has 150 valence electrons. The Morgan fingerprint density at radius 2 is 1.85 bits per heavy atom. The number of likely N-dealkylation sites (tertiary alicyclic amines) is 1. The quantitative estimate of drug-likeness (QED) is 0.504. The Bertz CT molecular complexity index is 554. The first-order valence-electron chi connectivity index (χ1n) is 8.89. The van der Waals surface area contributed by atoms with Crippen molar-refractivity contribution in [3.63, 3.8) is 0 Å². The van der Waals surface area contributed by atoms with Crippen LogP contribution in [0.25, 0.3) is 0 Å². The fourth-order valence-electron chi connectivity index (χ4n) is 3.54. The Balaban J connectivity index is 2.91. The lowest BCUT2D eigenvalue weighted by molar-refractivity contribution is -0.145. The van der Waals surface area contributed by atoms with Gasteiger partial charge in [0.2, 0.25) is 0 Å². The van der Waals surface area contributed by atoms with E-state index in [0.29, 0.717) is 18.2 Å². The Kier molecular flexibility index (Phi) is 6.90. The number of nitrogens with zero attached hydrogens (tertiary/aromatic N) is 1. The third-order valence-electron chi connectivity index (χ3n) is 5.24. The highest BCUT2D eigenvalue weighted by molar-refractivity contribution is 7.80. The van der Waals surface area contributed by atoms with Gasteiger partial charge in [0.05, 0.1) is 12.6 Å². The average Bonchev–Trinajstić information content (AvgIpc) is 2.94. The maximum Gasteiger partial charge on any atom is 0.407 e. The number of hydrogen-bond acceptors (Lipinski definition) is 4. The van der Waals surface area contributed by atoms with E-state index in [-0.39, 0.29) is 16.8 Å². The molecule has 0 bridgehead atoms. The largest absolute Gasteiger partial charge is 0.467 e. The van der Waals surface area contributed by atoms with Crippen LogP contribution in [0.1, 0.15) is 54.4 Å². The molecular formula is C18H33N3O4S. The molecule has 1 aliphatic rings. The highest BCUT2D eigenvalue weighted by Crippen LogP contribution is 2.43. The summed E-state index contributed by atoms with van der Waals surface area (Å²) < 4.78 is 4.87. The van der Waals surface area contributed by atoms with E-state index in [1.165, 1.54) is 12.0 Å². The Hall–Kier alpha value is -1.57. The first-order valence-corrected chi connectivity index (χ1v) is 9.30. The number of rotatable bonds is 4. The molecule has 2 unspecified atom stereocenters. The zero-order valence-corrected chi connectivity index (χ0v) is 17.7. The average molecular weight is 388 g/mol. The Morgan fingerprint density at radius 1 is 1.27 bits per heavy atom. The lowest BCUT2D eigenvalue weighted by Gasteiger charge is -2.47. The van der Waals surface area contributed by atoms with Gasteiger partial charge in [0, 0.05) is 13.1 Å². The standard InChI is InChI=1S/C18H33N3O4S/c1-16(2,3)12(13(22)25-7)20-14(26)19-11-18(17(4,5)6)9-8-10-21(18)15(23)24/h12H,8-11H2,1-7H3,(H,23,24)(H2,19,20,26). The number of hydrogen-bond donors (Lipinski definition) is 3. The number of carboxylic acid groups (broad SMARTS) is 1. The van der Waals surface area contributed by atoms with Gasteiger partial charge in [-0.3, -0.25) is 0 Å². The van der Waals surface area contributed by atoms with Crippen molar-refractivity contribution < 1.29 is 19.4 Å². The number of carbonyl (C=O) groups is 2. The van der Waals surface area contributed by atoms with Crippen molar-refractivity contribution in [3.8, 4) is 0 Å². The van der Waals surface area contributed by atoms with Gasteiger partial charge in [0.15, 0.2) is 5.11 Å². The molecule has 0 saturated carbocycles. The van der Waals surface area contributed by atoms with E-state index in [2.05, 4.69) is 10.6 Å². The minimum atomic E-state index is -0.916. The number of amides is 1. The van der Waals surface area contributed by atoms with E-state index >= 15 is 0 Å². The van der Waals surface area contributed by atoms with E-state index in [1.807, 2.05) is 41.5 Å². The number of ether oxygens (including phenoxy) is 1. The summed E-state index contributed by atoms with van der Waals surface area (Å²) in [5.41, 5.74) is -1.22. The second-order valence-electron chi connectivity index (χ2n) is 8.97. The van der Waals surface area contributed by atoms with Gasteiger partial charge in [-0.2, -0.15) is 0 Å². The maximum absolute atomic E-state index is 12.1. The summed E-state index contributed by atoms with van der Waals surface area (Å²) in [6.07, 6.45) is 0.663. The van der Waals surface area contributed by atoms with Crippen molar-refractivity contribution in [2.75, 3.05) is 20.2 Å². The van der Waals surface area contributed by atoms with Crippen molar-refractivity contribution in [2.45, 2.75) is 66.0 Å². The van der Waals surface area contributed by atoms with Crippen LogP contribution in [0.3, 0.4) is 0 Å². The van der Waals surface area contributed by atoms with Crippen LogP contribution in [0.5, 0.6) is 0 Å². The van der Waals surface area contributed by atoms with Crippen LogP contribution < -0.4 is 10.6 Å². The predicted octanol–water partition coefficient (Wildman–Crippen LogP) is 2.60. The molecule has 1 fully saturated rings. The molecule has 1 heterocycles. The molecule has 1 rings (SSSR count). The fourth-order valence-corrected chi connectivity index (χ4v) is 3.73. The Morgan fingerprint density at radius 3 is 2.27 bits per heavy atom. The highest BCUT2D eigenvalue weighted by Gasteiger charge is 2.51. The van der Waals surface area contributed by atoms with Crippen LogP contribution in [0, 0.1) is 10.8 Å². The summed E-state index contributed by atoms with van der Waals surface area (Å²) in [6.45, 7) is 12.8. The summed E-state index contributed by atoms with van der Waals surface area (Å²) in [5.74, 6) is -0.389. The SMILES string of the molecule is COC(=O)C(NC(=S)NCC1(C(C)(C)C)CCCN1C(=O)O)C(C)(C)C. The molecule has 0 spiro atoms. The lowest BCUT2D eigenvalue weighted by atomic mass is 9.71. The van der Waals surface area contributed by atoms with Crippen LogP contribution >= 0.6 is 12.2 Å². The molecule has 26 heavy (non-hydrogen) atoms. The molecule has 0 aromatic carbocycles. The molecule has 1 amide bonds. The van der Waals surface area contributed by atoms with Crippen LogP contribution in [0.4, 0.5) is 4.79 Å². The number of nitrogens with one attached hydrogen (secondary N) is 2. The minimum absolute atomic E-state index is 0.268. The number of methoxy groups -OCH3 is 1. The van der Waals surface area contributed by atoms with Gasteiger partial charge < -0.3 is 25.4 Å². The molecule has 8 heteroatoms. The molecule has 3 N–H and O–H groups in total. The van der Waals surface area contributed by atoms with Crippen molar-refractivity contribution in [1.82, 2.24) is 15.5 Å². The molecule has 0 radical (unpaired) electrons. The zero-order chi connectivity index (χ0) is 20.3. The zero-order valence-electron chi connectivity index (χ0n) is 16.9. The van der Waals surface area contributed by atoms with Crippen molar-refractivity contribution >= 4 is 29.4 Å². The number of thiocarbonyl (C=S) groups is 1. The van der Waals surface area contributed by atoms with Gasteiger partial charge in [-0.25, -0.2) is 9.59 Å². The fraction of sp³-hybridized carbons (Fsp3) is 0.833. The topological polar surface area (TPSA) is 90.9 Å². The maximum atomic E-state index is 12.1. The molecule has 1 saturated heterocycles. The van der Waals surface area contributed by atoms with E-state index in [0.717, 1.165) is 12.8 Å². The molecule has 0 aliphatic carbocycles. The first kappa shape index (κ1) is 22.5. The summed E-state index contributed by atoms with van der Waals surface area (Å²) in [7, 11) is 1.34. The number of esters is 1. The van der Waals surface area contributed by atoms with Crippen LogP contribution in [0.15, 0.2) is 0 Å². The third kappa shape index (κ3) is 4.78. The highest BCUT2D eigenvalue weighted by atomic mass is 32.1. The second kappa shape index (κ2) is 7.98. The van der Waals surface area contributed by atoms with Gasteiger partial charge >= 0.3 is 12.1 Å². The molecular weight excluding hydrogens is 354 g/mol. The summed E-state index contributed by atoms with van der Waals surface area (Å²) in [6, 6.07) is -0.600. The monoisotopic (exact) mass is 387 g/mol. The van der Waals surface area contributed by atoms with Crippen molar-refractivity contribution in [2.24, 2.45) is 10.8 Å².